The minimum atomic E-state index is -0.189. The van der Waals surface area contributed by atoms with Gasteiger partial charge < -0.3 is 30.9 Å². The number of halogens is 2. The molecule has 0 spiro atoms. The summed E-state index contributed by atoms with van der Waals surface area (Å²) < 4.78 is 12.3. The van der Waals surface area contributed by atoms with Crippen LogP contribution in [0.1, 0.15) is 65.0 Å². The van der Waals surface area contributed by atoms with Gasteiger partial charge in [0.25, 0.3) is 0 Å². The highest BCUT2D eigenvalue weighted by atomic mass is 79.9. The Hall–Kier alpha value is -1.37. The molecular formula is C29H43Br2NO3. The van der Waals surface area contributed by atoms with Crippen molar-refractivity contribution in [3.8, 4) is 11.5 Å². The molecule has 0 heterocycles. The first kappa shape index (κ1) is 31.7. The summed E-state index contributed by atoms with van der Waals surface area (Å²) in [4.78, 5) is 11.8. The normalized spacial score (nSPS) is 12.1. The maximum Gasteiger partial charge on any atom is 0.311 e. The second-order valence-electron chi connectivity index (χ2n) is 11.7. The van der Waals surface area contributed by atoms with Gasteiger partial charge in [0.05, 0.1) is 14.1 Å². The van der Waals surface area contributed by atoms with Crippen molar-refractivity contribution in [3.63, 3.8) is 0 Å². The number of hydrogen-bond acceptors (Lipinski definition) is 3. The van der Waals surface area contributed by atoms with E-state index < -0.39 is 0 Å². The van der Waals surface area contributed by atoms with Crippen LogP contribution in [0.4, 0.5) is 0 Å². The minimum Gasteiger partial charge on any atom is -1.00 e. The molecule has 0 aliphatic rings. The van der Waals surface area contributed by atoms with Crippen LogP contribution in [-0.2, 0) is 16.8 Å². The Morgan fingerprint density at radius 2 is 1.49 bits per heavy atom. The summed E-state index contributed by atoms with van der Waals surface area (Å²) in [6, 6.07) is 16.4. The molecule has 6 heteroatoms. The first-order chi connectivity index (χ1) is 15.8. The van der Waals surface area contributed by atoms with Crippen molar-refractivity contribution in [3.05, 3.63) is 59.7 Å². The minimum absolute atomic E-state index is 0. The Kier molecular flexibility index (Phi) is 12.5. The Morgan fingerprint density at radius 3 is 2.03 bits per heavy atom. The van der Waals surface area contributed by atoms with E-state index in [1.165, 1.54) is 11.1 Å². The van der Waals surface area contributed by atoms with Gasteiger partial charge in [0.15, 0.2) is 0 Å². The van der Waals surface area contributed by atoms with Crippen LogP contribution in [-0.4, -0.2) is 43.0 Å². The Balaban J connectivity index is 0.00000612. The molecular weight excluding hydrogens is 570 g/mol. The van der Waals surface area contributed by atoms with Crippen molar-refractivity contribution in [2.45, 2.75) is 65.8 Å². The van der Waals surface area contributed by atoms with Crippen molar-refractivity contribution in [2.24, 2.45) is 5.41 Å². The van der Waals surface area contributed by atoms with Gasteiger partial charge >= 0.3 is 5.97 Å². The zero-order valence-electron chi connectivity index (χ0n) is 22.5. The number of likely N-dealkylation sites (N-methyl/N-ethyl adjacent to an activating group) is 1. The maximum absolute atomic E-state index is 11.8. The number of quaternary nitrogens is 1. The summed E-state index contributed by atoms with van der Waals surface area (Å²) in [6.45, 7) is 13.9. The molecule has 0 atom stereocenters. The predicted octanol–water partition coefficient (Wildman–Crippen LogP) is 4.14. The molecule has 2 aromatic carbocycles. The lowest BCUT2D eigenvalue weighted by Gasteiger charge is -2.33. The summed E-state index contributed by atoms with van der Waals surface area (Å²) in [5.41, 5.74) is 2.98. The van der Waals surface area contributed by atoms with Gasteiger partial charge in [-0.05, 0) is 65.6 Å². The van der Waals surface area contributed by atoms with Crippen LogP contribution in [0.25, 0.3) is 0 Å². The Labute approximate surface area is 231 Å². The smallest absolute Gasteiger partial charge is 0.311 e. The third-order valence-corrected chi connectivity index (χ3v) is 6.41. The fourth-order valence-electron chi connectivity index (χ4n) is 4.47. The second-order valence-corrected chi connectivity index (χ2v) is 12.5. The first-order valence-corrected chi connectivity index (χ1v) is 13.3. The quantitative estimate of drug-likeness (QED) is 0.156. The van der Waals surface area contributed by atoms with Crippen LogP contribution in [0.5, 0.6) is 11.5 Å². The molecule has 0 radical (unpaired) electrons. The van der Waals surface area contributed by atoms with Crippen LogP contribution in [0.2, 0.25) is 0 Å². The van der Waals surface area contributed by atoms with Crippen LogP contribution < -0.4 is 26.5 Å². The molecule has 0 fully saturated rings. The number of esters is 1. The molecule has 0 aromatic heterocycles. The molecule has 196 valence electrons. The predicted molar refractivity (Wildman–Crippen MR) is 145 cm³/mol. The summed E-state index contributed by atoms with van der Waals surface area (Å²) >= 11 is 3.33. The highest BCUT2D eigenvalue weighted by molar-refractivity contribution is 9.09. The average Bonchev–Trinajstić information content (AvgIpc) is 2.72. The van der Waals surface area contributed by atoms with Gasteiger partial charge in [0, 0.05) is 17.3 Å². The van der Waals surface area contributed by atoms with Gasteiger partial charge in [-0.15, -0.1) is 0 Å². The van der Waals surface area contributed by atoms with Gasteiger partial charge in [-0.1, -0.05) is 62.7 Å². The lowest BCUT2D eigenvalue weighted by atomic mass is 9.72. The van der Waals surface area contributed by atoms with Crippen LogP contribution in [0.15, 0.2) is 48.5 Å². The van der Waals surface area contributed by atoms with E-state index in [9.17, 15) is 4.79 Å². The molecule has 0 amide bonds. The monoisotopic (exact) mass is 611 g/mol. The van der Waals surface area contributed by atoms with E-state index in [2.05, 4.69) is 88.9 Å². The van der Waals surface area contributed by atoms with E-state index in [1.807, 2.05) is 24.3 Å². The van der Waals surface area contributed by atoms with E-state index in [4.69, 9.17) is 9.47 Å². The van der Waals surface area contributed by atoms with Gasteiger partial charge in [-0.2, -0.15) is 0 Å². The summed E-state index contributed by atoms with van der Waals surface area (Å²) in [7, 11) is 4.41. The zero-order chi connectivity index (χ0) is 25.4. The molecule has 2 aromatic rings. The Bertz CT molecular complexity index is 901. The van der Waals surface area contributed by atoms with E-state index >= 15 is 0 Å². The number of nitrogens with zero attached hydrogens (tertiary/aromatic N) is 1. The van der Waals surface area contributed by atoms with E-state index in [0.717, 1.165) is 41.5 Å². The van der Waals surface area contributed by atoms with Gasteiger partial charge in [0.2, 0.25) is 0 Å². The van der Waals surface area contributed by atoms with Crippen molar-refractivity contribution in [1.82, 2.24) is 0 Å². The van der Waals surface area contributed by atoms with Crippen molar-refractivity contribution >= 4 is 21.9 Å². The number of ether oxygens (including phenoxy) is 2. The van der Waals surface area contributed by atoms with E-state index in [1.54, 1.807) is 0 Å². The van der Waals surface area contributed by atoms with E-state index in [0.29, 0.717) is 24.2 Å². The third kappa shape index (κ3) is 11.9. The fraction of sp³-hybridized carbons (Fsp3) is 0.552. The molecule has 0 N–H and O–H groups in total. The topological polar surface area (TPSA) is 35.5 Å². The summed E-state index contributed by atoms with van der Waals surface area (Å²) in [5.74, 6) is 1.33. The average molecular weight is 613 g/mol. The first-order valence-electron chi connectivity index (χ1n) is 12.2. The summed E-state index contributed by atoms with van der Waals surface area (Å²) in [5, 5.41) is 0.804. The van der Waals surface area contributed by atoms with Crippen LogP contribution in [0, 0.1) is 5.41 Å². The standard InChI is InChI=1S/C29H43BrNO3.BrH/c1-28(2,3)22-29(4,5)24-12-16-25(17-13-24)33-20-19-31(6,7)21-23-10-14-26(15-11-23)34-27(32)9-8-18-30;/h10-17H,8-9,18-22H2,1-7H3;1H/q+1;/p-1. The lowest BCUT2D eigenvalue weighted by molar-refractivity contribution is -0.903. The van der Waals surface area contributed by atoms with Gasteiger partial charge in [0.1, 0.15) is 31.2 Å². The zero-order valence-corrected chi connectivity index (χ0v) is 25.7. The Morgan fingerprint density at radius 1 is 0.914 bits per heavy atom. The van der Waals surface area contributed by atoms with Gasteiger partial charge in [-0.3, -0.25) is 4.79 Å². The molecule has 0 saturated heterocycles. The summed E-state index contributed by atoms with van der Waals surface area (Å²) in [6.07, 6.45) is 2.34. The number of benzene rings is 2. The number of carbonyl (C=O) groups is 1. The van der Waals surface area contributed by atoms with Crippen LogP contribution >= 0.6 is 15.9 Å². The van der Waals surface area contributed by atoms with Crippen molar-refractivity contribution in [2.75, 3.05) is 32.6 Å². The number of hydrogen-bond donors (Lipinski definition) is 0. The largest absolute Gasteiger partial charge is 1.00 e. The fourth-order valence-corrected chi connectivity index (χ4v) is 4.75. The molecule has 0 bridgehead atoms. The molecule has 35 heavy (non-hydrogen) atoms. The molecule has 0 aliphatic carbocycles. The molecule has 4 nitrogen and oxygen atoms in total. The lowest BCUT2D eigenvalue weighted by Crippen LogP contribution is -3.00. The molecule has 0 unspecified atom stereocenters. The third-order valence-electron chi connectivity index (χ3n) is 5.85. The molecule has 2 rings (SSSR count). The van der Waals surface area contributed by atoms with Gasteiger partial charge in [-0.25, -0.2) is 0 Å². The SMILES string of the molecule is CC(C)(C)CC(C)(C)c1ccc(OCC[N+](C)(C)Cc2ccc(OC(=O)CCCBr)cc2)cc1.[Br-]. The van der Waals surface area contributed by atoms with Crippen LogP contribution in [0.3, 0.4) is 0 Å². The molecule has 0 aliphatic heterocycles. The van der Waals surface area contributed by atoms with Crippen molar-refractivity contribution in [1.29, 1.82) is 0 Å². The highest BCUT2D eigenvalue weighted by Crippen LogP contribution is 2.36. The highest BCUT2D eigenvalue weighted by Gasteiger charge is 2.27. The maximum atomic E-state index is 11.8. The van der Waals surface area contributed by atoms with Crippen molar-refractivity contribution < 1.29 is 35.7 Å². The molecule has 0 saturated carbocycles. The van der Waals surface area contributed by atoms with E-state index in [-0.39, 0.29) is 28.4 Å². The second kappa shape index (κ2) is 13.8. The number of alkyl halides is 1. The number of rotatable bonds is 12. The number of carbonyl (C=O) groups excluding carboxylic acids is 1.